The second kappa shape index (κ2) is 8.09. The highest BCUT2D eigenvalue weighted by atomic mass is 32.2. The molecule has 0 saturated heterocycles. The number of benzene rings is 1. The Balaban J connectivity index is 2.84. The molecule has 0 saturated carbocycles. The van der Waals surface area contributed by atoms with E-state index >= 15 is 0 Å². The molecule has 1 atom stereocenters. The van der Waals surface area contributed by atoms with Crippen molar-refractivity contribution in [1.29, 1.82) is 0 Å². The van der Waals surface area contributed by atoms with E-state index < -0.39 is 17.5 Å². The molecule has 0 aliphatic rings. The average Bonchev–Trinajstić information content (AvgIpc) is 2.37. The van der Waals surface area contributed by atoms with E-state index in [9.17, 15) is 13.6 Å². The van der Waals surface area contributed by atoms with E-state index in [2.05, 4.69) is 10.6 Å². The number of nitrogens with one attached hydrogen (secondary N) is 2. The van der Waals surface area contributed by atoms with Gasteiger partial charge in [0.2, 0.25) is 0 Å². The molecular weight excluding hydrogens is 282 g/mol. The number of halogens is 2. The highest BCUT2D eigenvalue weighted by molar-refractivity contribution is 7.98. The lowest BCUT2D eigenvalue weighted by molar-refractivity contribution is 0.0943. The summed E-state index contributed by atoms with van der Waals surface area (Å²) < 4.78 is 27.6. The van der Waals surface area contributed by atoms with Crippen LogP contribution in [0, 0.1) is 11.6 Å². The van der Waals surface area contributed by atoms with Crippen LogP contribution in [-0.2, 0) is 0 Å². The van der Waals surface area contributed by atoms with Gasteiger partial charge in [-0.15, -0.1) is 0 Å². The maximum atomic E-state index is 13.8. The van der Waals surface area contributed by atoms with Crippen LogP contribution in [-0.4, -0.2) is 30.5 Å². The highest BCUT2D eigenvalue weighted by Crippen LogP contribution is 2.21. The number of amides is 1. The molecule has 2 N–H and O–H groups in total. The summed E-state index contributed by atoms with van der Waals surface area (Å²) in [6, 6.07) is 2.06. The molecule has 1 rings (SSSR count). The minimum Gasteiger partial charge on any atom is -0.380 e. The molecule has 1 aromatic rings. The zero-order chi connectivity index (χ0) is 15.1. The normalized spacial score (nSPS) is 12.1. The molecule has 1 aromatic carbocycles. The van der Waals surface area contributed by atoms with Gasteiger partial charge in [-0.3, -0.25) is 4.79 Å². The Bertz CT molecular complexity index is 445. The molecule has 0 radical (unpaired) electrons. The molecule has 20 heavy (non-hydrogen) atoms. The molecule has 6 heteroatoms. The fourth-order valence-electron chi connectivity index (χ4n) is 1.72. The zero-order valence-corrected chi connectivity index (χ0v) is 12.7. The predicted molar refractivity (Wildman–Crippen MR) is 80.4 cm³/mol. The Morgan fingerprint density at radius 3 is 2.45 bits per heavy atom. The highest BCUT2D eigenvalue weighted by Gasteiger charge is 2.16. The Hall–Kier alpha value is -1.30. The van der Waals surface area contributed by atoms with E-state index in [1.165, 1.54) is 0 Å². The zero-order valence-electron chi connectivity index (χ0n) is 11.9. The third-order valence-electron chi connectivity index (χ3n) is 2.65. The van der Waals surface area contributed by atoms with Gasteiger partial charge in [0.05, 0.1) is 0 Å². The SMILES string of the molecule is CCCNc1c(F)cc(C(=O)NC(C)CSC)cc1F. The summed E-state index contributed by atoms with van der Waals surface area (Å²) in [6.45, 7) is 4.22. The Morgan fingerprint density at radius 2 is 1.95 bits per heavy atom. The van der Waals surface area contributed by atoms with Gasteiger partial charge in [-0.25, -0.2) is 8.78 Å². The van der Waals surface area contributed by atoms with Crippen molar-refractivity contribution in [1.82, 2.24) is 5.32 Å². The molecule has 0 fully saturated rings. The maximum Gasteiger partial charge on any atom is 0.251 e. The van der Waals surface area contributed by atoms with Crippen molar-refractivity contribution in [2.24, 2.45) is 0 Å². The van der Waals surface area contributed by atoms with Crippen LogP contribution in [0.25, 0.3) is 0 Å². The van der Waals surface area contributed by atoms with Gasteiger partial charge in [0.1, 0.15) is 17.3 Å². The lowest BCUT2D eigenvalue weighted by Gasteiger charge is -2.14. The van der Waals surface area contributed by atoms with Crippen molar-refractivity contribution in [2.75, 3.05) is 23.9 Å². The van der Waals surface area contributed by atoms with E-state index in [-0.39, 0.29) is 17.3 Å². The standard InChI is InChI=1S/C14H20F2N2OS/c1-4-5-17-13-11(15)6-10(7-12(13)16)14(19)18-9(2)8-20-3/h6-7,9,17H,4-5,8H2,1-3H3,(H,18,19). The van der Waals surface area contributed by atoms with Gasteiger partial charge in [0, 0.05) is 23.9 Å². The molecular formula is C14H20F2N2OS. The van der Waals surface area contributed by atoms with Crippen LogP contribution in [0.15, 0.2) is 12.1 Å². The lowest BCUT2D eigenvalue weighted by atomic mass is 10.1. The molecule has 0 aliphatic heterocycles. The molecule has 1 unspecified atom stereocenters. The van der Waals surface area contributed by atoms with E-state index in [4.69, 9.17) is 0 Å². The summed E-state index contributed by atoms with van der Waals surface area (Å²) in [7, 11) is 0. The second-order valence-electron chi connectivity index (χ2n) is 4.57. The molecule has 0 aliphatic carbocycles. The van der Waals surface area contributed by atoms with Crippen molar-refractivity contribution in [3.05, 3.63) is 29.3 Å². The topological polar surface area (TPSA) is 41.1 Å². The summed E-state index contributed by atoms with van der Waals surface area (Å²) >= 11 is 1.59. The van der Waals surface area contributed by atoms with Gasteiger partial charge in [-0.05, 0) is 31.7 Å². The predicted octanol–water partition coefficient (Wildman–Crippen LogP) is 3.27. The average molecular weight is 302 g/mol. The van der Waals surface area contributed by atoms with Crippen LogP contribution in [0.4, 0.5) is 14.5 Å². The van der Waals surface area contributed by atoms with Crippen LogP contribution < -0.4 is 10.6 Å². The second-order valence-corrected chi connectivity index (χ2v) is 5.48. The molecule has 112 valence electrons. The minimum atomic E-state index is -0.749. The summed E-state index contributed by atoms with van der Waals surface area (Å²) in [5.74, 6) is -1.22. The summed E-state index contributed by atoms with van der Waals surface area (Å²) in [4.78, 5) is 11.9. The summed E-state index contributed by atoms with van der Waals surface area (Å²) in [5.41, 5.74) is -0.185. The maximum absolute atomic E-state index is 13.8. The van der Waals surface area contributed by atoms with Crippen molar-refractivity contribution < 1.29 is 13.6 Å². The third-order valence-corrected chi connectivity index (χ3v) is 3.48. The Kier molecular flexibility index (Phi) is 6.78. The van der Waals surface area contributed by atoms with E-state index in [0.29, 0.717) is 6.54 Å². The molecule has 0 bridgehead atoms. The van der Waals surface area contributed by atoms with Crippen LogP contribution in [0.3, 0.4) is 0 Å². The molecule has 3 nitrogen and oxygen atoms in total. The van der Waals surface area contributed by atoms with Crippen molar-refractivity contribution in [2.45, 2.75) is 26.3 Å². The number of carbonyl (C=O) groups excluding carboxylic acids is 1. The van der Waals surface area contributed by atoms with Crippen LogP contribution in [0.5, 0.6) is 0 Å². The van der Waals surface area contributed by atoms with Crippen molar-refractivity contribution in [3.63, 3.8) is 0 Å². The van der Waals surface area contributed by atoms with Gasteiger partial charge in [-0.2, -0.15) is 11.8 Å². The fraction of sp³-hybridized carbons (Fsp3) is 0.500. The molecule has 0 aromatic heterocycles. The van der Waals surface area contributed by atoms with Gasteiger partial charge < -0.3 is 10.6 Å². The third kappa shape index (κ3) is 4.67. The molecule has 1 amide bonds. The van der Waals surface area contributed by atoms with E-state index in [1.54, 1.807) is 11.8 Å². The first-order valence-corrected chi connectivity index (χ1v) is 7.91. The number of hydrogen-bond donors (Lipinski definition) is 2. The fourth-order valence-corrected chi connectivity index (χ4v) is 2.31. The summed E-state index contributed by atoms with van der Waals surface area (Å²) in [5, 5.41) is 5.37. The quantitative estimate of drug-likeness (QED) is 0.812. The smallest absolute Gasteiger partial charge is 0.251 e. The van der Waals surface area contributed by atoms with E-state index in [0.717, 1.165) is 24.3 Å². The largest absolute Gasteiger partial charge is 0.380 e. The van der Waals surface area contributed by atoms with Gasteiger partial charge >= 0.3 is 0 Å². The van der Waals surface area contributed by atoms with Crippen LogP contribution in [0.2, 0.25) is 0 Å². The number of carbonyl (C=O) groups is 1. The van der Waals surface area contributed by atoms with Crippen LogP contribution >= 0.6 is 11.8 Å². The van der Waals surface area contributed by atoms with Crippen molar-refractivity contribution in [3.8, 4) is 0 Å². The first kappa shape index (κ1) is 16.8. The number of rotatable bonds is 7. The summed E-state index contributed by atoms with van der Waals surface area (Å²) in [6.07, 6.45) is 2.68. The van der Waals surface area contributed by atoms with Gasteiger partial charge in [-0.1, -0.05) is 6.92 Å². The van der Waals surface area contributed by atoms with Gasteiger partial charge in [0.15, 0.2) is 0 Å². The number of thioether (sulfide) groups is 1. The minimum absolute atomic E-state index is 0.00463. The number of hydrogen-bond acceptors (Lipinski definition) is 3. The Labute approximate surface area is 122 Å². The monoisotopic (exact) mass is 302 g/mol. The first-order valence-electron chi connectivity index (χ1n) is 6.52. The van der Waals surface area contributed by atoms with Crippen LogP contribution in [0.1, 0.15) is 30.6 Å². The van der Waals surface area contributed by atoms with Crippen molar-refractivity contribution >= 4 is 23.4 Å². The van der Waals surface area contributed by atoms with Gasteiger partial charge in [0.25, 0.3) is 5.91 Å². The molecule has 0 spiro atoms. The molecule has 0 heterocycles. The number of anilines is 1. The Morgan fingerprint density at radius 1 is 1.35 bits per heavy atom. The first-order chi connectivity index (χ1) is 9.49. The van der Waals surface area contributed by atoms with E-state index in [1.807, 2.05) is 20.1 Å². The lowest BCUT2D eigenvalue weighted by Crippen LogP contribution is -2.34.